The molecule has 0 unspecified atom stereocenters. The Morgan fingerprint density at radius 2 is 2.00 bits per heavy atom. The number of pyridine rings is 1. The normalized spacial score (nSPS) is 10.6. The number of halogens is 1. The molecule has 0 aliphatic heterocycles. The summed E-state index contributed by atoms with van der Waals surface area (Å²) in [6.07, 6.45) is 1.78. The number of benzene rings is 1. The van der Waals surface area contributed by atoms with E-state index >= 15 is 0 Å². The summed E-state index contributed by atoms with van der Waals surface area (Å²) in [6.45, 7) is 1.52. The molecular formula is C14H15ClN2O. The Labute approximate surface area is 112 Å². The molecule has 0 spiro atoms. The summed E-state index contributed by atoms with van der Waals surface area (Å²) in [5.41, 5.74) is 8.48. The lowest BCUT2D eigenvalue weighted by Crippen LogP contribution is -2.00. The predicted molar refractivity (Wildman–Crippen MR) is 72.1 cm³/mol. The molecule has 0 saturated heterocycles. The van der Waals surface area contributed by atoms with E-state index in [4.69, 9.17) is 22.1 Å². The highest BCUT2D eigenvalue weighted by Crippen LogP contribution is 2.12. The average Bonchev–Trinajstić information content (AvgIpc) is 2.40. The first-order chi connectivity index (χ1) is 8.78. The van der Waals surface area contributed by atoms with Crippen molar-refractivity contribution in [1.29, 1.82) is 0 Å². The van der Waals surface area contributed by atoms with Gasteiger partial charge in [0.1, 0.15) is 0 Å². The van der Waals surface area contributed by atoms with Crippen LogP contribution in [0, 0.1) is 0 Å². The van der Waals surface area contributed by atoms with E-state index in [1.807, 2.05) is 36.4 Å². The van der Waals surface area contributed by atoms with E-state index in [-0.39, 0.29) is 0 Å². The molecule has 0 aliphatic rings. The van der Waals surface area contributed by atoms with Crippen LogP contribution in [0.1, 0.15) is 16.8 Å². The van der Waals surface area contributed by atoms with Gasteiger partial charge in [0.2, 0.25) is 0 Å². The molecule has 18 heavy (non-hydrogen) atoms. The van der Waals surface area contributed by atoms with E-state index < -0.39 is 0 Å². The van der Waals surface area contributed by atoms with Gasteiger partial charge in [-0.3, -0.25) is 4.98 Å². The molecular weight excluding hydrogens is 248 g/mol. The third kappa shape index (κ3) is 3.81. The van der Waals surface area contributed by atoms with Gasteiger partial charge in [-0.05, 0) is 29.3 Å². The molecule has 0 amide bonds. The lowest BCUT2D eigenvalue weighted by atomic mass is 10.2. The maximum absolute atomic E-state index is 5.89. The summed E-state index contributed by atoms with van der Waals surface area (Å²) in [7, 11) is 0. The molecule has 2 N–H and O–H groups in total. The van der Waals surface area contributed by atoms with Crippen molar-refractivity contribution in [3.8, 4) is 0 Å². The molecule has 0 atom stereocenters. The van der Waals surface area contributed by atoms with Crippen LogP contribution in [0.25, 0.3) is 0 Å². The second-order valence-electron chi connectivity index (χ2n) is 3.98. The van der Waals surface area contributed by atoms with E-state index in [0.29, 0.717) is 19.8 Å². The highest BCUT2D eigenvalue weighted by Gasteiger charge is 1.98. The molecule has 4 heteroatoms. The molecule has 2 aromatic rings. The van der Waals surface area contributed by atoms with Gasteiger partial charge in [-0.15, -0.1) is 0 Å². The molecule has 1 heterocycles. The molecule has 0 bridgehead atoms. The van der Waals surface area contributed by atoms with Crippen LogP contribution in [0.15, 0.2) is 42.6 Å². The van der Waals surface area contributed by atoms with Crippen molar-refractivity contribution in [3.05, 3.63) is 64.4 Å². The lowest BCUT2D eigenvalue weighted by Gasteiger charge is -2.05. The van der Waals surface area contributed by atoms with E-state index in [2.05, 4.69) is 4.98 Å². The minimum absolute atomic E-state index is 0.483. The number of hydrogen-bond acceptors (Lipinski definition) is 3. The zero-order chi connectivity index (χ0) is 12.8. The van der Waals surface area contributed by atoms with Gasteiger partial charge in [-0.1, -0.05) is 29.8 Å². The third-order valence-corrected chi connectivity index (χ3v) is 2.76. The molecule has 0 radical (unpaired) electrons. The maximum Gasteiger partial charge on any atom is 0.0892 e. The van der Waals surface area contributed by atoms with Crippen molar-refractivity contribution < 1.29 is 4.74 Å². The molecule has 1 aromatic carbocycles. The van der Waals surface area contributed by atoms with Crippen molar-refractivity contribution in [3.63, 3.8) is 0 Å². The Bertz CT molecular complexity index is 499. The molecule has 0 aliphatic carbocycles. The number of aromatic nitrogens is 1. The molecule has 0 saturated carbocycles. The fourth-order valence-corrected chi connectivity index (χ4v) is 1.77. The topological polar surface area (TPSA) is 48.1 Å². The first-order valence-corrected chi connectivity index (χ1v) is 6.12. The number of rotatable bonds is 5. The summed E-state index contributed by atoms with van der Waals surface area (Å²) in [4.78, 5) is 4.27. The monoisotopic (exact) mass is 262 g/mol. The second kappa shape index (κ2) is 6.50. The average molecular weight is 263 g/mol. The van der Waals surface area contributed by atoms with Gasteiger partial charge in [0.05, 0.1) is 18.9 Å². The van der Waals surface area contributed by atoms with E-state index in [1.54, 1.807) is 6.20 Å². The van der Waals surface area contributed by atoms with Crippen LogP contribution in [0.2, 0.25) is 5.02 Å². The van der Waals surface area contributed by atoms with Crippen LogP contribution < -0.4 is 5.73 Å². The lowest BCUT2D eigenvalue weighted by molar-refractivity contribution is 0.104. The molecule has 0 fully saturated rings. The standard InChI is InChI=1S/C14H15ClN2O/c15-13-3-1-2-11(6-13)9-18-10-14-5-4-12(7-16)8-17-14/h1-6,8H,7,9-10,16H2. The molecule has 2 rings (SSSR count). The van der Waals surface area contributed by atoms with Crippen LogP contribution in [-0.4, -0.2) is 4.98 Å². The van der Waals surface area contributed by atoms with Crippen molar-refractivity contribution in [2.45, 2.75) is 19.8 Å². The largest absolute Gasteiger partial charge is 0.370 e. The number of nitrogens with two attached hydrogens (primary N) is 1. The van der Waals surface area contributed by atoms with Gasteiger partial charge in [0.15, 0.2) is 0 Å². The van der Waals surface area contributed by atoms with E-state index in [0.717, 1.165) is 21.8 Å². The van der Waals surface area contributed by atoms with Gasteiger partial charge in [0, 0.05) is 17.8 Å². The molecule has 1 aromatic heterocycles. The van der Waals surface area contributed by atoms with Gasteiger partial charge in [-0.2, -0.15) is 0 Å². The fraction of sp³-hybridized carbons (Fsp3) is 0.214. The summed E-state index contributed by atoms with van der Waals surface area (Å²) < 4.78 is 5.58. The second-order valence-corrected chi connectivity index (χ2v) is 4.42. The van der Waals surface area contributed by atoms with Gasteiger partial charge < -0.3 is 10.5 Å². The smallest absolute Gasteiger partial charge is 0.0892 e. The maximum atomic E-state index is 5.89. The molecule has 94 valence electrons. The summed E-state index contributed by atoms with van der Waals surface area (Å²) in [6, 6.07) is 11.5. The predicted octanol–water partition coefficient (Wildman–Crippen LogP) is 2.91. The SMILES string of the molecule is NCc1ccc(COCc2cccc(Cl)c2)nc1. The summed E-state index contributed by atoms with van der Waals surface area (Å²) >= 11 is 5.89. The fourth-order valence-electron chi connectivity index (χ4n) is 1.56. The van der Waals surface area contributed by atoms with Crippen molar-refractivity contribution >= 4 is 11.6 Å². The Balaban J connectivity index is 1.84. The van der Waals surface area contributed by atoms with Gasteiger partial charge in [-0.25, -0.2) is 0 Å². The minimum Gasteiger partial charge on any atom is -0.370 e. The quantitative estimate of drug-likeness (QED) is 0.901. The van der Waals surface area contributed by atoms with Crippen LogP contribution >= 0.6 is 11.6 Å². The van der Waals surface area contributed by atoms with Crippen LogP contribution in [0.5, 0.6) is 0 Å². The summed E-state index contributed by atoms with van der Waals surface area (Å²) in [5, 5.41) is 0.724. The zero-order valence-electron chi connectivity index (χ0n) is 9.97. The first kappa shape index (κ1) is 13.0. The van der Waals surface area contributed by atoms with Crippen molar-refractivity contribution in [1.82, 2.24) is 4.98 Å². The van der Waals surface area contributed by atoms with Gasteiger partial charge in [0.25, 0.3) is 0 Å². The number of hydrogen-bond donors (Lipinski definition) is 1. The first-order valence-electron chi connectivity index (χ1n) is 5.74. The molecule has 3 nitrogen and oxygen atoms in total. The van der Waals surface area contributed by atoms with Gasteiger partial charge >= 0.3 is 0 Å². The number of ether oxygens (including phenoxy) is 1. The summed E-state index contributed by atoms with van der Waals surface area (Å²) in [5.74, 6) is 0. The van der Waals surface area contributed by atoms with Crippen molar-refractivity contribution in [2.24, 2.45) is 5.73 Å². The Morgan fingerprint density at radius 3 is 2.67 bits per heavy atom. The highest BCUT2D eigenvalue weighted by atomic mass is 35.5. The highest BCUT2D eigenvalue weighted by molar-refractivity contribution is 6.30. The van der Waals surface area contributed by atoms with Crippen molar-refractivity contribution in [2.75, 3.05) is 0 Å². The van der Waals surface area contributed by atoms with Crippen LogP contribution in [-0.2, 0) is 24.5 Å². The van der Waals surface area contributed by atoms with E-state index in [9.17, 15) is 0 Å². The van der Waals surface area contributed by atoms with Crippen LogP contribution in [0.4, 0.5) is 0 Å². The van der Waals surface area contributed by atoms with Crippen LogP contribution in [0.3, 0.4) is 0 Å². The Hall–Kier alpha value is -1.42. The third-order valence-electron chi connectivity index (χ3n) is 2.53. The minimum atomic E-state index is 0.483. The Morgan fingerprint density at radius 1 is 1.11 bits per heavy atom. The van der Waals surface area contributed by atoms with E-state index in [1.165, 1.54) is 0 Å². The number of nitrogens with zero attached hydrogens (tertiary/aromatic N) is 1. The zero-order valence-corrected chi connectivity index (χ0v) is 10.7. The Kier molecular flexibility index (Phi) is 4.70.